The van der Waals surface area contributed by atoms with E-state index in [1.165, 1.54) is 6.07 Å². The second-order valence-electron chi connectivity index (χ2n) is 8.28. The summed E-state index contributed by atoms with van der Waals surface area (Å²) in [5.74, 6) is -3.42. The molecule has 0 saturated carbocycles. The molecule has 0 heterocycles. The Labute approximate surface area is 173 Å². The van der Waals surface area contributed by atoms with Gasteiger partial charge in [0, 0.05) is 16.9 Å². The Bertz CT molecular complexity index is 902. The minimum atomic E-state index is -1.66. The second-order valence-corrected chi connectivity index (χ2v) is 10.3. The van der Waals surface area contributed by atoms with Crippen LogP contribution in [-0.2, 0) is 16.2 Å². The Hall–Kier alpha value is -1.96. The molecule has 0 amide bonds. The van der Waals surface area contributed by atoms with E-state index in [-0.39, 0.29) is 5.56 Å². The summed E-state index contributed by atoms with van der Waals surface area (Å²) in [4.78, 5) is 11.4. The van der Waals surface area contributed by atoms with Gasteiger partial charge in [-0.2, -0.15) is 0 Å². The smallest absolute Gasteiger partial charge is 0.305 e. The molecular weight excluding hydrogens is 396 g/mol. The summed E-state index contributed by atoms with van der Waals surface area (Å²) in [6.45, 7) is 10.9. The van der Waals surface area contributed by atoms with Gasteiger partial charge < -0.3 is 9.66 Å². The summed E-state index contributed by atoms with van der Waals surface area (Å²) in [6, 6.07) is 5.31. The molecule has 0 spiro atoms. The fraction of sp³-hybridized carbons (Fsp3) is 0.409. The molecule has 0 aliphatic rings. The van der Waals surface area contributed by atoms with Crippen molar-refractivity contribution in [3.8, 4) is 11.1 Å². The van der Waals surface area contributed by atoms with E-state index in [9.17, 15) is 23.2 Å². The largest absolute Gasteiger partial charge is 0.598 e. The van der Waals surface area contributed by atoms with Gasteiger partial charge in [0.25, 0.3) is 0 Å². The molecule has 2 N–H and O–H groups in total. The lowest BCUT2D eigenvalue weighted by atomic mass is 9.91. The van der Waals surface area contributed by atoms with Gasteiger partial charge in [-0.3, -0.25) is 4.79 Å². The molecule has 2 aromatic carbocycles. The lowest BCUT2D eigenvalue weighted by molar-refractivity contribution is -0.137. The lowest BCUT2D eigenvalue weighted by Crippen LogP contribution is -2.42. The number of hydrogen-bond donors (Lipinski definition) is 2. The summed E-state index contributed by atoms with van der Waals surface area (Å²) in [7, 11) is 0. The standard InChI is InChI=1S/C22H27F2NO3S/c1-12-7-13(2)20(14(3)8-12)15-9-16(21(24)17(23)10-15)18(11-19(26)27)25-29(28)22(4,5)6/h7-10,18,25H,11H2,1-6H3,(H,26,27). The Morgan fingerprint density at radius 3 is 2.17 bits per heavy atom. The highest BCUT2D eigenvalue weighted by Crippen LogP contribution is 2.34. The Balaban J connectivity index is 2.62. The Kier molecular flexibility index (Phi) is 7.09. The zero-order valence-electron chi connectivity index (χ0n) is 17.5. The van der Waals surface area contributed by atoms with Gasteiger partial charge in [0.1, 0.15) is 4.75 Å². The van der Waals surface area contributed by atoms with E-state index >= 15 is 0 Å². The topological polar surface area (TPSA) is 72.4 Å². The molecule has 4 nitrogen and oxygen atoms in total. The monoisotopic (exact) mass is 423 g/mol. The number of carboxylic acids is 1. The zero-order chi connectivity index (χ0) is 22.1. The van der Waals surface area contributed by atoms with Crippen LogP contribution in [0, 0.1) is 32.4 Å². The summed E-state index contributed by atoms with van der Waals surface area (Å²) >= 11 is -1.66. The van der Waals surface area contributed by atoms with Crippen molar-refractivity contribution in [3.63, 3.8) is 0 Å². The predicted octanol–water partition coefficient (Wildman–Crippen LogP) is 5.12. The highest BCUT2D eigenvalue weighted by atomic mass is 32.2. The summed E-state index contributed by atoms with van der Waals surface area (Å²) in [6.07, 6.45) is -0.534. The molecule has 158 valence electrons. The maximum absolute atomic E-state index is 14.7. The SMILES string of the molecule is Cc1cc(C)c(-c2cc(F)c(F)c(C(CC(=O)O)N[S+]([O-])C(C)(C)C)c2)c(C)c1. The van der Waals surface area contributed by atoms with Gasteiger partial charge in [0.15, 0.2) is 11.6 Å². The van der Waals surface area contributed by atoms with E-state index in [0.717, 1.165) is 28.3 Å². The van der Waals surface area contributed by atoms with E-state index in [1.54, 1.807) is 20.8 Å². The number of carbonyl (C=O) groups is 1. The van der Waals surface area contributed by atoms with E-state index < -0.39 is 46.2 Å². The molecule has 0 fully saturated rings. The van der Waals surface area contributed by atoms with Crippen molar-refractivity contribution >= 4 is 17.3 Å². The van der Waals surface area contributed by atoms with E-state index in [0.29, 0.717) is 5.56 Å². The summed E-state index contributed by atoms with van der Waals surface area (Å²) in [5.41, 5.74) is 3.92. The third kappa shape index (κ3) is 5.56. The van der Waals surface area contributed by atoms with Crippen molar-refractivity contribution < 1.29 is 23.2 Å². The van der Waals surface area contributed by atoms with E-state index in [4.69, 9.17) is 0 Å². The summed E-state index contributed by atoms with van der Waals surface area (Å²) in [5, 5.41) is 9.27. The number of rotatable bonds is 6. The molecule has 2 rings (SSSR count). The van der Waals surface area contributed by atoms with Gasteiger partial charge in [-0.25, -0.2) is 8.78 Å². The first kappa shape index (κ1) is 23.3. The van der Waals surface area contributed by atoms with Crippen LogP contribution in [0.2, 0.25) is 0 Å². The zero-order valence-corrected chi connectivity index (χ0v) is 18.3. The minimum Gasteiger partial charge on any atom is -0.598 e. The van der Waals surface area contributed by atoms with Crippen LogP contribution < -0.4 is 4.72 Å². The first-order valence-corrected chi connectivity index (χ1v) is 10.4. The molecule has 0 radical (unpaired) electrons. The molecule has 29 heavy (non-hydrogen) atoms. The fourth-order valence-corrected chi connectivity index (χ4v) is 4.16. The number of hydrogen-bond acceptors (Lipinski definition) is 3. The van der Waals surface area contributed by atoms with Gasteiger partial charge in [-0.05, 0) is 75.9 Å². The van der Waals surface area contributed by atoms with Crippen molar-refractivity contribution in [3.05, 3.63) is 58.2 Å². The van der Waals surface area contributed by atoms with Gasteiger partial charge in [-0.1, -0.05) is 17.7 Å². The normalized spacial score (nSPS) is 14.0. The third-order valence-corrected chi connectivity index (χ3v) is 6.19. The lowest BCUT2D eigenvalue weighted by Gasteiger charge is -2.28. The highest BCUT2D eigenvalue weighted by molar-refractivity contribution is 7.90. The van der Waals surface area contributed by atoms with Crippen LogP contribution >= 0.6 is 0 Å². The van der Waals surface area contributed by atoms with Crippen LogP contribution in [0.4, 0.5) is 8.78 Å². The van der Waals surface area contributed by atoms with Crippen molar-refractivity contribution in [2.24, 2.45) is 0 Å². The molecular formula is C22H27F2NO3S. The van der Waals surface area contributed by atoms with Gasteiger partial charge in [0.2, 0.25) is 0 Å². The van der Waals surface area contributed by atoms with Crippen LogP contribution in [0.25, 0.3) is 11.1 Å². The molecule has 0 aliphatic carbocycles. The number of carboxylic acid groups (broad SMARTS) is 1. The predicted molar refractivity (Wildman–Crippen MR) is 112 cm³/mol. The number of halogens is 2. The molecule has 0 saturated heterocycles. The van der Waals surface area contributed by atoms with Crippen LogP contribution in [0.15, 0.2) is 24.3 Å². The van der Waals surface area contributed by atoms with Crippen molar-refractivity contribution in [1.82, 2.24) is 4.72 Å². The molecule has 0 bridgehead atoms. The molecule has 2 atom stereocenters. The second kappa shape index (κ2) is 8.81. The van der Waals surface area contributed by atoms with Crippen LogP contribution in [0.1, 0.15) is 55.5 Å². The van der Waals surface area contributed by atoms with Crippen LogP contribution in [-0.4, -0.2) is 20.4 Å². The number of aryl methyl sites for hydroxylation is 3. The first-order valence-electron chi connectivity index (χ1n) is 9.28. The van der Waals surface area contributed by atoms with Crippen molar-refractivity contribution in [2.45, 2.75) is 58.8 Å². The average molecular weight is 424 g/mol. The Morgan fingerprint density at radius 2 is 1.69 bits per heavy atom. The van der Waals surface area contributed by atoms with E-state index in [1.807, 2.05) is 32.9 Å². The van der Waals surface area contributed by atoms with E-state index in [2.05, 4.69) is 4.72 Å². The van der Waals surface area contributed by atoms with Gasteiger partial charge in [0.05, 0.1) is 12.5 Å². The van der Waals surface area contributed by atoms with Gasteiger partial charge in [-0.15, -0.1) is 4.72 Å². The molecule has 0 aliphatic heterocycles. The number of nitrogens with one attached hydrogen (secondary N) is 1. The fourth-order valence-electron chi connectivity index (χ4n) is 3.34. The molecule has 2 aromatic rings. The quantitative estimate of drug-likeness (QED) is 0.632. The van der Waals surface area contributed by atoms with Crippen LogP contribution in [0.5, 0.6) is 0 Å². The number of benzene rings is 2. The van der Waals surface area contributed by atoms with Crippen molar-refractivity contribution in [2.75, 3.05) is 0 Å². The highest BCUT2D eigenvalue weighted by Gasteiger charge is 2.33. The molecule has 0 aromatic heterocycles. The molecule has 2 unspecified atom stereocenters. The molecule has 7 heteroatoms. The maximum Gasteiger partial charge on any atom is 0.305 e. The average Bonchev–Trinajstić information content (AvgIpc) is 2.54. The van der Waals surface area contributed by atoms with Crippen molar-refractivity contribution in [1.29, 1.82) is 0 Å². The maximum atomic E-state index is 14.7. The Morgan fingerprint density at radius 1 is 1.14 bits per heavy atom. The number of aliphatic carboxylic acids is 1. The third-order valence-electron chi connectivity index (χ3n) is 4.58. The summed E-state index contributed by atoms with van der Waals surface area (Å²) < 4.78 is 43.7. The first-order chi connectivity index (χ1) is 13.3. The van der Waals surface area contributed by atoms with Gasteiger partial charge >= 0.3 is 5.97 Å². The minimum absolute atomic E-state index is 0.153. The van der Waals surface area contributed by atoms with Crippen LogP contribution in [0.3, 0.4) is 0 Å².